The van der Waals surface area contributed by atoms with Gasteiger partial charge in [-0.05, 0) is 32.6 Å². The first-order valence-electron chi connectivity index (χ1n) is 9.66. The van der Waals surface area contributed by atoms with Gasteiger partial charge in [0.15, 0.2) is 9.84 Å². The Morgan fingerprint density at radius 3 is 2.63 bits per heavy atom. The number of nitrogens with zero attached hydrogens (tertiary/aromatic N) is 3. The molecule has 1 aliphatic heterocycles. The Bertz CT molecular complexity index is 755. The van der Waals surface area contributed by atoms with Crippen LogP contribution in [0.1, 0.15) is 43.6 Å². The van der Waals surface area contributed by atoms with Crippen LogP contribution < -0.4 is 0 Å². The van der Waals surface area contributed by atoms with E-state index in [9.17, 15) is 13.2 Å². The predicted octanol–water partition coefficient (Wildman–Crippen LogP) is 1.75. The van der Waals surface area contributed by atoms with E-state index >= 15 is 0 Å². The fourth-order valence-corrected chi connectivity index (χ4v) is 5.41. The van der Waals surface area contributed by atoms with Gasteiger partial charge in [0.1, 0.15) is 0 Å². The third-order valence-electron chi connectivity index (χ3n) is 5.11. The second kappa shape index (κ2) is 9.19. The summed E-state index contributed by atoms with van der Waals surface area (Å²) < 4.78 is 30.9. The second-order valence-electron chi connectivity index (χ2n) is 7.89. The number of sulfone groups is 1. The molecule has 1 aromatic heterocycles. The Labute approximate surface area is 163 Å². The molecule has 1 saturated heterocycles. The van der Waals surface area contributed by atoms with Crippen molar-refractivity contribution in [3.8, 4) is 0 Å². The van der Waals surface area contributed by atoms with E-state index < -0.39 is 9.84 Å². The Hall–Kier alpha value is -1.41. The zero-order chi connectivity index (χ0) is 20.2. The Morgan fingerprint density at radius 1 is 1.37 bits per heavy atom. The van der Waals surface area contributed by atoms with Crippen LogP contribution in [-0.4, -0.2) is 66.8 Å². The smallest absolute Gasteiger partial charge is 0.227 e. The van der Waals surface area contributed by atoms with Crippen LogP contribution in [0.4, 0.5) is 0 Å². The fourth-order valence-electron chi connectivity index (χ4n) is 3.68. The summed E-state index contributed by atoms with van der Waals surface area (Å²) in [6, 6.07) is -0.231. The largest absolute Gasteiger partial charge is 0.385 e. The molecule has 0 aliphatic carbocycles. The molecule has 0 N–H and O–H groups in total. The summed E-state index contributed by atoms with van der Waals surface area (Å²) in [5.74, 6) is 0.677. The van der Waals surface area contributed by atoms with Gasteiger partial charge < -0.3 is 9.64 Å². The first-order chi connectivity index (χ1) is 12.6. The maximum atomic E-state index is 13.1. The lowest BCUT2D eigenvalue weighted by Gasteiger charge is -2.28. The van der Waals surface area contributed by atoms with E-state index in [1.54, 1.807) is 12.0 Å². The molecule has 0 aromatic carbocycles. The maximum absolute atomic E-state index is 13.1. The van der Waals surface area contributed by atoms with E-state index in [0.717, 1.165) is 23.5 Å². The molecule has 1 unspecified atom stereocenters. The summed E-state index contributed by atoms with van der Waals surface area (Å²) in [6.07, 6.45) is 1.48. The van der Waals surface area contributed by atoms with Crippen LogP contribution in [0.15, 0.2) is 0 Å². The van der Waals surface area contributed by atoms with Crippen LogP contribution in [0.2, 0.25) is 0 Å². The average Bonchev–Trinajstić information content (AvgIpc) is 3.05. The molecule has 1 aromatic rings. The van der Waals surface area contributed by atoms with Crippen molar-refractivity contribution >= 4 is 15.7 Å². The van der Waals surface area contributed by atoms with Crippen LogP contribution in [-0.2, 0) is 32.3 Å². The van der Waals surface area contributed by atoms with E-state index in [2.05, 4.69) is 18.9 Å². The number of hydrogen-bond donors (Lipinski definition) is 0. The summed E-state index contributed by atoms with van der Waals surface area (Å²) in [5, 5.41) is 4.59. The molecule has 0 bridgehead atoms. The van der Waals surface area contributed by atoms with Gasteiger partial charge in [0.2, 0.25) is 5.91 Å². The molecule has 0 saturated carbocycles. The van der Waals surface area contributed by atoms with Crippen LogP contribution in [0.5, 0.6) is 0 Å². The lowest BCUT2D eigenvalue weighted by Crippen LogP contribution is -2.43. The fraction of sp³-hybridized carbons (Fsp3) is 0.789. The van der Waals surface area contributed by atoms with E-state index in [0.29, 0.717) is 31.9 Å². The monoisotopic (exact) mass is 399 g/mol. The third kappa shape index (κ3) is 5.78. The van der Waals surface area contributed by atoms with E-state index in [1.165, 1.54) is 0 Å². The molecular weight excluding hydrogens is 366 g/mol. The highest BCUT2D eigenvalue weighted by atomic mass is 32.2. The molecule has 7 nitrogen and oxygen atoms in total. The van der Waals surface area contributed by atoms with E-state index in [-0.39, 0.29) is 29.9 Å². The van der Waals surface area contributed by atoms with Gasteiger partial charge in [-0.2, -0.15) is 5.10 Å². The summed E-state index contributed by atoms with van der Waals surface area (Å²) in [4.78, 5) is 14.8. The van der Waals surface area contributed by atoms with Crippen LogP contribution in [0.3, 0.4) is 0 Å². The number of aromatic nitrogens is 2. The number of aryl methyl sites for hydroxylation is 1. The number of amides is 1. The lowest BCUT2D eigenvalue weighted by molar-refractivity contribution is -0.132. The molecule has 1 aliphatic rings. The number of carbonyl (C=O) groups is 1. The molecule has 1 atom stereocenters. The minimum Gasteiger partial charge on any atom is -0.385 e. The molecule has 0 spiro atoms. The summed E-state index contributed by atoms with van der Waals surface area (Å²) in [6.45, 7) is 10.1. The van der Waals surface area contributed by atoms with Gasteiger partial charge in [-0.25, -0.2) is 8.42 Å². The molecule has 2 rings (SSSR count). The van der Waals surface area contributed by atoms with Crippen molar-refractivity contribution < 1.29 is 17.9 Å². The highest BCUT2D eigenvalue weighted by molar-refractivity contribution is 7.91. The highest BCUT2D eigenvalue weighted by Crippen LogP contribution is 2.21. The van der Waals surface area contributed by atoms with Gasteiger partial charge in [-0.3, -0.25) is 9.48 Å². The van der Waals surface area contributed by atoms with Crippen molar-refractivity contribution in [1.82, 2.24) is 14.7 Å². The van der Waals surface area contributed by atoms with Crippen molar-refractivity contribution in [3.05, 3.63) is 17.0 Å². The van der Waals surface area contributed by atoms with Crippen molar-refractivity contribution in [1.29, 1.82) is 0 Å². The zero-order valence-corrected chi connectivity index (χ0v) is 18.0. The maximum Gasteiger partial charge on any atom is 0.227 e. The first-order valence-corrected chi connectivity index (χ1v) is 11.5. The Balaban J connectivity index is 2.17. The van der Waals surface area contributed by atoms with Gasteiger partial charge in [-0.15, -0.1) is 0 Å². The van der Waals surface area contributed by atoms with E-state index in [1.807, 2.05) is 18.5 Å². The molecule has 154 valence electrons. The normalized spacial score (nSPS) is 19.0. The van der Waals surface area contributed by atoms with Gasteiger partial charge in [0.05, 0.1) is 23.6 Å². The summed E-state index contributed by atoms with van der Waals surface area (Å²) >= 11 is 0. The average molecular weight is 400 g/mol. The van der Waals surface area contributed by atoms with Crippen molar-refractivity contribution in [2.45, 2.75) is 59.5 Å². The second-order valence-corrected chi connectivity index (χ2v) is 10.1. The minimum absolute atomic E-state index is 0.0245. The standard InChI is InChI=1S/C19H33N3O4S/c1-14(2)12-22-16(4)18(15(3)20-22)11-19(23)21(8-6-9-26-5)17-7-10-27(24,25)13-17/h14,17H,6-13H2,1-5H3. The lowest BCUT2D eigenvalue weighted by atomic mass is 10.1. The first kappa shape index (κ1) is 21.9. The minimum atomic E-state index is -3.04. The number of hydrogen-bond acceptors (Lipinski definition) is 5. The Morgan fingerprint density at radius 2 is 2.07 bits per heavy atom. The van der Waals surface area contributed by atoms with Crippen molar-refractivity contribution in [2.24, 2.45) is 5.92 Å². The molecule has 1 fully saturated rings. The van der Waals surface area contributed by atoms with Gasteiger partial charge in [0, 0.05) is 44.1 Å². The van der Waals surface area contributed by atoms with Crippen LogP contribution in [0.25, 0.3) is 0 Å². The molecule has 2 heterocycles. The molecule has 1 amide bonds. The van der Waals surface area contributed by atoms with Crippen LogP contribution >= 0.6 is 0 Å². The van der Waals surface area contributed by atoms with Gasteiger partial charge >= 0.3 is 0 Å². The topological polar surface area (TPSA) is 81.5 Å². The quantitative estimate of drug-likeness (QED) is 0.591. The van der Waals surface area contributed by atoms with E-state index in [4.69, 9.17) is 4.74 Å². The van der Waals surface area contributed by atoms with Crippen molar-refractivity contribution in [2.75, 3.05) is 31.8 Å². The van der Waals surface area contributed by atoms with Gasteiger partial charge in [0.25, 0.3) is 0 Å². The molecule has 27 heavy (non-hydrogen) atoms. The number of methoxy groups -OCH3 is 1. The summed E-state index contributed by atoms with van der Waals surface area (Å²) in [7, 11) is -1.42. The molecule has 8 heteroatoms. The van der Waals surface area contributed by atoms with Gasteiger partial charge in [-0.1, -0.05) is 13.8 Å². The number of rotatable bonds is 9. The third-order valence-corrected chi connectivity index (χ3v) is 6.86. The molecular formula is C19H33N3O4S. The SMILES string of the molecule is COCCCN(C(=O)Cc1c(C)nn(CC(C)C)c1C)C1CCS(=O)(=O)C1. The molecule has 0 radical (unpaired) electrons. The zero-order valence-electron chi connectivity index (χ0n) is 17.2. The van der Waals surface area contributed by atoms with Crippen LogP contribution in [0, 0.1) is 19.8 Å². The number of carbonyl (C=O) groups excluding carboxylic acids is 1. The highest BCUT2D eigenvalue weighted by Gasteiger charge is 2.34. The summed E-state index contributed by atoms with van der Waals surface area (Å²) in [5.41, 5.74) is 2.85. The number of ether oxygens (including phenoxy) is 1. The predicted molar refractivity (Wildman–Crippen MR) is 106 cm³/mol. The Kier molecular flexibility index (Phi) is 7.45. The van der Waals surface area contributed by atoms with Crippen molar-refractivity contribution in [3.63, 3.8) is 0 Å².